The van der Waals surface area contributed by atoms with Crippen LogP contribution in [-0.2, 0) is 9.53 Å². The standard InChI is InChI=1S/C16H23NO6/c1-8-4-5-9(2)11(6-8)22-16-13(17-10(3)19)15(21)14(20)12(7-18)23-16/h4-6,12-16,18,20-21H,7H2,1-3H3,(H,17,19)/t12-,13+,14+,15-,16+/m1/s1. The van der Waals surface area contributed by atoms with Gasteiger partial charge in [0.2, 0.25) is 12.2 Å². The van der Waals surface area contributed by atoms with Crippen LogP contribution in [0.15, 0.2) is 18.2 Å². The van der Waals surface area contributed by atoms with Crippen molar-refractivity contribution in [1.82, 2.24) is 5.32 Å². The van der Waals surface area contributed by atoms with Crippen LogP contribution in [-0.4, -0.2) is 58.5 Å². The summed E-state index contributed by atoms with van der Waals surface area (Å²) in [6, 6.07) is 4.68. The van der Waals surface area contributed by atoms with E-state index >= 15 is 0 Å². The average molecular weight is 325 g/mol. The first-order valence-corrected chi connectivity index (χ1v) is 7.47. The smallest absolute Gasteiger partial charge is 0.223 e. The molecule has 1 aliphatic heterocycles. The van der Waals surface area contributed by atoms with Gasteiger partial charge in [0.05, 0.1) is 6.61 Å². The molecule has 1 fully saturated rings. The highest BCUT2D eigenvalue weighted by Gasteiger charge is 2.46. The zero-order valence-corrected chi connectivity index (χ0v) is 13.4. The van der Waals surface area contributed by atoms with Gasteiger partial charge in [-0.15, -0.1) is 0 Å². The van der Waals surface area contributed by atoms with E-state index in [9.17, 15) is 20.1 Å². The van der Waals surface area contributed by atoms with Gasteiger partial charge in [0.1, 0.15) is 30.1 Å². The van der Waals surface area contributed by atoms with Crippen molar-refractivity contribution in [3.8, 4) is 5.75 Å². The van der Waals surface area contributed by atoms with Crippen LogP contribution < -0.4 is 10.1 Å². The van der Waals surface area contributed by atoms with Crippen LogP contribution in [0, 0.1) is 13.8 Å². The Morgan fingerprint density at radius 2 is 2.00 bits per heavy atom. The number of carbonyl (C=O) groups is 1. The van der Waals surface area contributed by atoms with E-state index in [1.54, 1.807) is 0 Å². The predicted octanol–water partition coefficient (Wildman–Crippen LogP) is -0.374. The van der Waals surface area contributed by atoms with Crippen LogP contribution in [0.5, 0.6) is 5.75 Å². The van der Waals surface area contributed by atoms with Gasteiger partial charge in [-0.05, 0) is 31.0 Å². The van der Waals surface area contributed by atoms with Crippen molar-refractivity contribution in [3.63, 3.8) is 0 Å². The SMILES string of the molecule is CC(=O)N[C@@H]1[C@@H](Oc2cc(C)ccc2C)O[C@H](CO)[C@H](O)[C@@H]1O. The van der Waals surface area contributed by atoms with Gasteiger partial charge in [-0.2, -0.15) is 0 Å². The van der Waals surface area contributed by atoms with Crippen molar-refractivity contribution < 1.29 is 29.6 Å². The predicted molar refractivity (Wildman–Crippen MR) is 81.9 cm³/mol. The zero-order valence-electron chi connectivity index (χ0n) is 13.4. The van der Waals surface area contributed by atoms with E-state index in [1.165, 1.54) is 6.92 Å². The molecule has 0 aliphatic carbocycles. The van der Waals surface area contributed by atoms with E-state index in [-0.39, 0.29) is 5.91 Å². The molecule has 1 aromatic rings. The number of carbonyl (C=O) groups excluding carboxylic acids is 1. The van der Waals surface area contributed by atoms with Gasteiger partial charge in [0.25, 0.3) is 0 Å². The summed E-state index contributed by atoms with van der Waals surface area (Å²) in [5, 5.41) is 32.0. The zero-order chi connectivity index (χ0) is 17.1. The summed E-state index contributed by atoms with van der Waals surface area (Å²) in [4.78, 5) is 11.4. The van der Waals surface area contributed by atoms with Crippen LogP contribution in [0.2, 0.25) is 0 Å². The largest absolute Gasteiger partial charge is 0.462 e. The third kappa shape index (κ3) is 4.00. The summed E-state index contributed by atoms with van der Waals surface area (Å²) < 4.78 is 11.3. The Bertz CT molecular complexity index is 564. The molecule has 128 valence electrons. The number of ether oxygens (including phenoxy) is 2. The Labute approximate surface area is 134 Å². The lowest BCUT2D eigenvalue weighted by Crippen LogP contribution is -2.65. The molecule has 0 bridgehead atoms. The Hall–Kier alpha value is -1.67. The van der Waals surface area contributed by atoms with Gasteiger partial charge in [-0.1, -0.05) is 12.1 Å². The molecule has 1 aliphatic rings. The average Bonchev–Trinajstić information content (AvgIpc) is 2.49. The molecule has 5 atom stereocenters. The molecule has 1 aromatic carbocycles. The molecule has 4 N–H and O–H groups in total. The number of aliphatic hydroxyl groups is 3. The van der Waals surface area contributed by atoms with Crippen LogP contribution >= 0.6 is 0 Å². The Kier molecular flexibility index (Phi) is 5.59. The molecule has 0 aromatic heterocycles. The van der Waals surface area contributed by atoms with E-state index in [2.05, 4.69) is 5.32 Å². The van der Waals surface area contributed by atoms with Crippen LogP contribution in [0.1, 0.15) is 18.1 Å². The second-order valence-corrected chi connectivity index (χ2v) is 5.82. The number of nitrogens with one attached hydrogen (secondary N) is 1. The van der Waals surface area contributed by atoms with E-state index in [4.69, 9.17) is 9.47 Å². The number of hydrogen-bond donors (Lipinski definition) is 4. The molecule has 0 radical (unpaired) electrons. The van der Waals surface area contributed by atoms with Gasteiger partial charge in [-0.25, -0.2) is 0 Å². The highest BCUT2D eigenvalue weighted by Crippen LogP contribution is 2.27. The number of aryl methyl sites for hydroxylation is 2. The Morgan fingerprint density at radius 3 is 2.61 bits per heavy atom. The van der Waals surface area contributed by atoms with E-state index in [0.717, 1.165) is 11.1 Å². The minimum absolute atomic E-state index is 0.387. The molecule has 2 rings (SSSR count). The lowest BCUT2D eigenvalue weighted by atomic mass is 9.97. The summed E-state index contributed by atoms with van der Waals surface area (Å²) in [5.41, 5.74) is 1.85. The maximum atomic E-state index is 11.4. The molecule has 0 saturated carbocycles. The first-order chi connectivity index (χ1) is 10.8. The van der Waals surface area contributed by atoms with Crippen molar-refractivity contribution in [2.75, 3.05) is 6.61 Å². The number of benzene rings is 1. The van der Waals surface area contributed by atoms with Crippen LogP contribution in [0.3, 0.4) is 0 Å². The summed E-state index contributed by atoms with van der Waals surface area (Å²) in [7, 11) is 0. The number of hydrogen-bond acceptors (Lipinski definition) is 6. The molecular weight excluding hydrogens is 302 g/mol. The van der Waals surface area contributed by atoms with Crippen LogP contribution in [0.25, 0.3) is 0 Å². The first-order valence-electron chi connectivity index (χ1n) is 7.47. The third-order valence-corrected chi connectivity index (χ3v) is 3.84. The van der Waals surface area contributed by atoms with E-state index < -0.39 is 37.3 Å². The fraction of sp³-hybridized carbons (Fsp3) is 0.562. The molecule has 7 heteroatoms. The van der Waals surface area contributed by atoms with Crippen molar-refractivity contribution >= 4 is 5.91 Å². The highest BCUT2D eigenvalue weighted by atomic mass is 16.7. The minimum Gasteiger partial charge on any atom is -0.462 e. The van der Waals surface area contributed by atoms with E-state index in [1.807, 2.05) is 32.0 Å². The van der Waals surface area contributed by atoms with Gasteiger partial charge < -0.3 is 30.1 Å². The second kappa shape index (κ2) is 7.27. The van der Waals surface area contributed by atoms with E-state index in [0.29, 0.717) is 5.75 Å². The normalized spacial score (nSPS) is 30.8. The fourth-order valence-corrected chi connectivity index (χ4v) is 2.53. The Balaban J connectivity index is 2.27. The van der Waals surface area contributed by atoms with Gasteiger partial charge in [0, 0.05) is 6.92 Å². The number of amides is 1. The van der Waals surface area contributed by atoms with Crippen molar-refractivity contribution in [2.45, 2.75) is 51.4 Å². The highest BCUT2D eigenvalue weighted by molar-refractivity contribution is 5.73. The number of rotatable bonds is 4. The topological polar surface area (TPSA) is 108 Å². The lowest BCUT2D eigenvalue weighted by molar-refractivity contribution is -0.244. The molecule has 1 heterocycles. The quantitative estimate of drug-likeness (QED) is 0.601. The van der Waals surface area contributed by atoms with Gasteiger partial charge in [-0.3, -0.25) is 4.79 Å². The Morgan fingerprint density at radius 1 is 1.30 bits per heavy atom. The van der Waals surface area contributed by atoms with Crippen molar-refractivity contribution in [2.24, 2.45) is 0 Å². The fourth-order valence-electron chi connectivity index (χ4n) is 2.53. The monoisotopic (exact) mass is 325 g/mol. The third-order valence-electron chi connectivity index (χ3n) is 3.84. The maximum absolute atomic E-state index is 11.4. The van der Waals surface area contributed by atoms with Gasteiger partial charge >= 0.3 is 0 Å². The summed E-state index contributed by atoms with van der Waals surface area (Å²) in [6.07, 6.45) is -4.67. The molecule has 0 unspecified atom stereocenters. The summed E-state index contributed by atoms with van der Waals surface area (Å²) >= 11 is 0. The van der Waals surface area contributed by atoms with Crippen molar-refractivity contribution in [3.05, 3.63) is 29.3 Å². The number of aliphatic hydroxyl groups excluding tert-OH is 3. The molecule has 7 nitrogen and oxygen atoms in total. The maximum Gasteiger partial charge on any atom is 0.223 e. The summed E-state index contributed by atoms with van der Waals surface area (Å²) in [6.45, 7) is 4.60. The molecule has 1 saturated heterocycles. The molecule has 1 amide bonds. The minimum atomic E-state index is -1.32. The molecule has 0 spiro atoms. The first kappa shape index (κ1) is 17.7. The van der Waals surface area contributed by atoms with Crippen molar-refractivity contribution in [1.29, 1.82) is 0 Å². The lowest BCUT2D eigenvalue weighted by Gasteiger charge is -2.42. The van der Waals surface area contributed by atoms with Crippen LogP contribution in [0.4, 0.5) is 0 Å². The van der Waals surface area contributed by atoms with Gasteiger partial charge in [0.15, 0.2) is 0 Å². The molecular formula is C16H23NO6. The molecule has 23 heavy (non-hydrogen) atoms. The summed E-state index contributed by atoms with van der Waals surface area (Å²) in [5.74, 6) is 0.160. The second-order valence-electron chi connectivity index (χ2n) is 5.82.